The van der Waals surface area contributed by atoms with Gasteiger partial charge in [-0.15, -0.1) is 0 Å². The molecular formula is C16H15N5O3S. The molecule has 3 aromatic rings. The van der Waals surface area contributed by atoms with Crippen molar-refractivity contribution in [3.63, 3.8) is 0 Å². The van der Waals surface area contributed by atoms with Gasteiger partial charge < -0.3 is 0 Å². The second-order valence-corrected chi connectivity index (χ2v) is 7.63. The highest BCUT2D eigenvalue weighted by Gasteiger charge is 2.25. The third kappa shape index (κ3) is 3.77. The maximum atomic E-state index is 11.1. The summed E-state index contributed by atoms with van der Waals surface area (Å²) in [5.41, 5.74) is 3.93. The van der Waals surface area contributed by atoms with Crippen LogP contribution in [0.25, 0.3) is 22.4 Å². The van der Waals surface area contributed by atoms with Gasteiger partial charge in [0.05, 0.1) is 41.8 Å². The van der Waals surface area contributed by atoms with E-state index in [4.69, 9.17) is 4.18 Å². The first-order chi connectivity index (χ1) is 12.0. The van der Waals surface area contributed by atoms with Gasteiger partial charge in [-0.3, -0.25) is 19.1 Å². The van der Waals surface area contributed by atoms with Gasteiger partial charge in [-0.05, 0) is 18.9 Å². The first-order valence-corrected chi connectivity index (χ1v) is 9.58. The van der Waals surface area contributed by atoms with E-state index in [1.807, 2.05) is 0 Å². The molecule has 4 rings (SSSR count). The van der Waals surface area contributed by atoms with Crippen LogP contribution in [0.4, 0.5) is 0 Å². The zero-order valence-corrected chi connectivity index (χ0v) is 14.3. The average Bonchev–Trinajstić information content (AvgIpc) is 3.44. The smallest absolute Gasteiger partial charge is 0.264 e. The summed E-state index contributed by atoms with van der Waals surface area (Å²) in [6.07, 6.45) is 9.93. The molecule has 0 aliphatic heterocycles. The SMILES string of the molecule is CS(=O)(=O)OCc1cc2nc(-c3cncc(C4CC4)n3)cnc2cn1. The molecule has 0 unspecified atom stereocenters. The lowest BCUT2D eigenvalue weighted by molar-refractivity contribution is 0.307. The molecule has 8 nitrogen and oxygen atoms in total. The largest absolute Gasteiger partial charge is 0.264 e. The van der Waals surface area contributed by atoms with Crippen molar-refractivity contribution in [1.82, 2.24) is 24.9 Å². The number of aromatic nitrogens is 5. The molecule has 0 amide bonds. The molecule has 1 aliphatic rings. The average molecular weight is 357 g/mol. The molecule has 128 valence electrons. The quantitative estimate of drug-likeness (QED) is 0.637. The van der Waals surface area contributed by atoms with Crippen LogP contribution in [-0.4, -0.2) is 39.6 Å². The first kappa shape index (κ1) is 16.0. The second kappa shape index (κ2) is 6.08. The van der Waals surface area contributed by atoms with Gasteiger partial charge in [0.15, 0.2) is 0 Å². The van der Waals surface area contributed by atoms with Crippen molar-refractivity contribution >= 4 is 21.2 Å². The molecule has 3 heterocycles. The van der Waals surface area contributed by atoms with E-state index in [9.17, 15) is 8.42 Å². The molecule has 0 spiro atoms. The minimum atomic E-state index is -3.53. The lowest BCUT2D eigenvalue weighted by Crippen LogP contribution is -2.04. The number of nitrogens with zero attached hydrogens (tertiary/aromatic N) is 5. The Morgan fingerprint density at radius 2 is 1.84 bits per heavy atom. The molecule has 1 aliphatic carbocycles. The Kier molecular flexibility index (Phi) is 3.89. The highest BCUT2D eigenvalue weighted by molar-refractivity contribution is 7.85. The molecule has 1 fully saturated rings. The molecular weight excluding hydrogens is 342 g/mol. The Hall–Kier alpha value is -2.52. The molecule has 0 bridgehead atoms. The number of pyridine rings is 1. The normalized spacial score (nSPS) is 14.8. The number of hydrogen-bond donors (Lipinski definition) is 0. The van der Waals surface area contributed by atoms with Crippen LogP contribution in [-0.2, 0) is 20.9 Å². The summed E-state index contributed by atoms with van der Waals surface area (Å²) in [5.74, 6) is 0.504. The van der Waals surface area contributed by atoms with Crippen molar-refractivity contribution in [3.8, 4) is 11.4 Å². The third-order valence-electron chi connectivity index (χ3n) is 3.82. The topological polar surface area (TPSA) is 108 Å². The van der Waals surface area contributed by atoms with Crippen LogP contribution >= 0.6 is 0 Å². The number of hydrogen-bond acceptors (Lipinski definition) is 8. The molecule has 9 heteroatoms. The minimum absolute atomic E-state index is 0.141. The molecule has 1 saturated carbocycles. The Morgan fingerprint density at radius 3 is 2.60 bits per heavy atom. The Balaban J connectivity index is 1.67. The summed E-state index contributed by atoms with van der Waals surface area (Å²) in [7, 11) is -3.53. The van der Waals surface area contributed by atoms with E-state index >= 15 is 0 Å². The summed E-state index contributed by atoms with van der Waals surface area (Å²) in [6, 6.07) is 1.66. The maximum absolute atomic E-state index is 11.1. The van der Waals surface area contributed by atoms with Crippen LogP contribution in [0, 0.1) is 0 Å². The van der Waals surface area contributed by atoms with Crippen molar-refractivity contribution in [2.75, 3.05) is 6.26 Å². The molecule has 25 heavy (non-hydrogen) atoms. The summed E-state index contributed by atoms with van der Waals surface area (Å²) in [5, 5.41) is 0. The van der Waals surface area contributed by atoms with E-state index in [2.05, 4.69) is 24.9 Å². The predicted molar refractivity (Wildman–Crippen MR) is 90.0 cm³/mol. The predicted octanol–water partition coefficient (Wildman–Crippen LogP) is 1.84. The molecule has 0 saturated heterocycles. The third-order valence-corrected chi connectivity index (χ3v) is 4.36. The van der Waals surface area contributed by atoms with Gasteiger partial charge in [-0.1, -0.05) is 0 Å². The van der Waals surface area contributed by atoms with Gasteiger partial charge in [-0.2, -0.15) is 8.42 Å². The van der Waals surface area contributed by atoms with Crippen molar-refractivity contribution in [2.24, 2.45) is 0 Å². The number of fused-ring (bicyclic) bond motifs is 1. The highest BCUT2D eigenvalue weighted by Crippen LogP contribution is 2.39. The van der Waals surface area contributed by atoms with Gasteiger partial charge in [-0.25, -0.2) is 9.97 Å². The fraction of sp³-hybridized carbons (Fsp3) is 0.312. The second-order valence-electron chi connectivity index (χ2n) is 5.99. The zero-order valence-electron chi connectivity index (χ0n) is 13.5. The van der Waals surface area contributed by atoms with E-state index in [-0.39, 0.29) is 6.61 Å². The summed E-state index contributed by atoms with van der Waals surface area (Å²) in [4.78, 5) is 21.9. The van der Waals surface area contributed by atoms with Crippen LogP contribution in [0.15, 0.2) is 30.9 Å². The fourth-order valence-corrected chi connectivity index (χ4v) is 2.74. The van der Waals surface area contributed by atoms with Crippen LogP contribution in [0.5, 0.6) is 0 Å². The van der Waals surface area contributed by atoms with Gasteiger partial charge in [0.2, 0.25) is 0 Å². The van der Waals surface area contributed by atoms with Gasteiger partial charge in [0.25, 0.3) is 10.1 Å². The molecule has 0 atom stereocenters. The van der Waals surface area contributed by atoms with Gasteiger partial charge in [0, 0.05) is 12.1 Å². The maximum Gasteiger partial charge on any atom is 0.264 e. The van der Waals surface area contributed by atoms with Crippen molar-refractivity contribution in [3.05, 3.63) is 42.2 Å². The molecule has 3 aromatic heterocycles. The molecule has 0 radical (unpaired) electrons. The Labute approximate surface area is 144 Å². The van der Waals surface area contributed by atoms with E-state index in [1.165, 1.54) is 0 Å². The fourth-order valence-electron chi connectivity index (χ4n) is 2.41. The first-order valence-electron chi connectivity index (χ1n) is 7.76. The standard InChI is InChI=1S/C16H15N5O3S/c1-25(22,23)24-9-11-4-12-14(7-18-11)19-8-16(20-12)15-6-17-5-13(21-15)10-2-3-10/h4-8,10H,2-3,9H2,1H3. The van der Waals surface area contributed by atoms with Gasteiger partial charge in [0.1, 0.15) is 23.5 Å². The zero-order chi connectivity index (χ0) is 17.4. The molecule has 0 aromatic carbocycles. The Morgan fingerprint density at radius 1 is 1.04 bits per heavy atom. The highest BCUT2D eigenvalue weighted by atomic mass is 32.2. The summed E-state index contributed by atoms with van der Waals surface area (Å²) < 4.78 is 27.0. The van der Waals surface area contributed by atoms with E-state index in [0.29, 0.717) is 34.0 Å². The van der Waals surface area contributed by atoms with Crippen LogP contribution in [0.2, 0.25) is 0 Å². The van der Waals surface area contributed by atoms with E-state index < -0.39 is 10.1 Å². The van der Waals surface area contributed by atoms with E-state index in [1.54, 1.807) is 30.9 Å². The lowest BCUT2D eigenvalue weighted by atomic mass is 10.2. The number of rotatable bonds is 5. The summed E-state index contributed by atoms with van der Waals surface area (Å²) >= 11 is 0. The molecule has 0 N–H and O–H groups in total. The monoisotopic (exact) mass is 357 g/mol. The van der Waals surface area contributed by atoms with Crippen molar-refractivity contribution in [2.45, 2.75) is 25.4 Å². The van der Waals surface area contributed by atoms with Crippen LogP contribution in [0.3, 0.4) is 0 Å². The van der Waals surface area contributed by atoms with Crippen LogP contribution < -0.4 is 0 Å². The van der Waals surface area contributed by atoms with Crippen molar-refractivity contribution < 1.29 is 12.6 Å². The van der Waals surface area contributed by atoms with Crippen LogP contribution in [0.1, 0.15) is 30.1 Å². The van der Waals surface area contributed by atoms with Crippen molar-refractivity contribution in [1.29, 1.82) is 0 Å². The summed E-state index contributed by atoms with van der Waals surface area (Å²) in [6.45, 7) is -0.141. The minimum Gasteiger partial charge on any atom is -0.264 e. The van der Waals surface area contributed by atoms with E-state index in [0.717, 1.165) is 24.8 Å². The Bertz CT molecular complexity index is 1050. The lowest BCUT2D eigenvalue weighted by Gasteiger charge is -2.05. The van der Waals surface area contributed by atoms with Gasteiger partial charge >= 0.3 is 0 Å².